The predicted octanol–water partition coefficient (Wildman–Crippen LogP) is 5.05. The summed E-state index contributed by atoms with van der Waals surface area (Å²) in [5, 5.41) is 7.98. The molecule has 2 aliphatic rings. The lowest BCUT2D eigenvalue weighted by molar-refractivity contribution is 0.0936. The maximum Gasteiger partial charge on any atom is 0.274 e. The molecule has 2 fully saturated rings. The monoisotopic (exact) mass is 458 g/mol. The Morgan fingerprint density at radius 1 is 1.34 bits per heavy atom. The summed E-state index contributed by atoms with van der Waals surface area (Å²) in [5.74, 6) is -0.518. The number of thioether (sulfide) groups is 1. The van der Waals surface area contributed by atoms with E-state index in [1.165, 1.54) is 18.2 Å². The minimum atomic E-state index is -0.647. The summed E-state index contributed by atoms with van der Waals surface area (Å²) >= 11 is 1.58. The van der Waals surface area contributed by atoms with Crippen molar-refractivity contribution in [3.63, 3.8) is 0 Å². The molecule has 3 unspecified atom stereocenters. The molecule has 170 valence electrons. The molecule has 2 N–H and O–H groups in total. The Hall–Kier alpha value is -2.48. The third-order valence-corrected chi connectivity index (χ3v) is 7.00. The molecule has 3 atom stereocenters. The van der Waals surface area contributed by atoms with E-state index in [1.807, 2.05) is 17.7 Å². The van der Waals surface area contributed by atoms with Crippen LogP contribution in [0.25, 0.3) is 0 Å². The van der Waals surface area contributed by atoms with E-state index in [0.717, 1.165) is 25.0 Å². The van der Waals surface area contributed by atoms with Gasteiger partial charge in [0, 0.05) is 17.5 Å². The number of aromatic nitrogens is 2. The number of hydrogen-bond acceptors (Lipinski definition) is 5. The van der Waals surface area contributed by atoms with Gasteiger partial charge in [-0.1, -0.05) is 26.0 Å². The van der Waals surface area contributed by atoms with Crippen molar-refractivity contribution in [1.82, 2.24) is 15.3 Å². The van der Waals surface area contributed by atoms with Crippen LogP contribution in [0.4, 0.5) is 14.6 Å². The smallest absolute Gasteiger partial charge is 0.274 e. The first-order valence-electron chi connectivity index (χ1n) is 10.9. The number of nitrogens with zero attached hydrogens (tertiary/aromatic N) is 2. The highest BCUT2D eigenvalue weighted by atomic mass is 32.2. The lowest BCUT2D eigenvalue weighted by atomic mass is 10.0. The molecule has 32 heavy (non-hydrogen) atoms. The predicted molar refractivity (Wildman–Crippen MR) is 123 cm³/mol. The van der Waals surface area contributed by atoms with Crippen LogP contribution in [0.2, 0.25) is 0 Å². The van der Waals surface area contributed by atoms with Gasteiger partial charge < -0.3 is 10.6 Å². The second-order valence-electron chi connectivity index (χ2n) is 8.93. The van der Waals surface area contributed by atoms with Gasteiger partial charge in [0.05, 0.1) is 17.9 Å². The van der Waals surface area contributed by atoms with E-state index < -0.39 is 11.6 Å². The standard InChI is InChI=1S/C24H28F2N4OS/c1-14-11-24(14,2)20-13-27-21(23(31)29-19(9-10-32-3)15-7-8-15)22(30-20)28-12-16-17(25)5-4-6-18(16)26/h4-6,9-10,13-15,19H,7-8,11-12H2,1-3H3,(H,28,30)(H,29,31)/b10-9+. The van der Waals surface area contributed by atoms with Gasteiger partial charge in [0.1, 0.15) is 11.6 Å². The highest BCUT2D eigenvalue weighted by Gasteiger charge is 2.49. The summed E-state index contributed by atoms with van der Waals surface area (Å²) in [6.07, 6.45) is 8.74. The lowest BCUT2D eigenvalue weighted by Gasteiger charge is -2.18. The Morgan fingerprint density at radius 2 is 2.03 bits per heavy atom. The van der Waals surface area contributed by atoms with Crippen LogP contribution in [0.1, 0.15) is 54.9 Å². The van der Waals surface area contributed by atoms with Crippen LogP contribution in [0.15, 0.2) is 35.9 Å². The van der Waals surface area contributed by atoms with E-state index in [-0.39, 0.29) is 41.0 Å². The molecule has 0 aliphatic heterocycles. The highest BCUT2D eigenvalue weighted by Crippen LogP contribution is 2.52. The van der Waals surface area contributed by atoms with Gasteiger partial charge in [-0.25, -0.2) is 18.7 Å². The van der Waals surface area contributed by atoms with Crippen LogP contribution < -0.4 is 10.6 Å². The zero-order valence-corrected chi connectivity index (χ0v) is 19.3. The van der Waals surface area contributed by atoms with Gasteiger partial charge in [-0.2, -0.15) is 0 Å². The van der Waals surface area contributed by atoms with Gasteiger partial charge >= 0.3 is 0 Å². The van der Waals surface area contributed by atoms with Crippen molar-refractivity contribution in [2.45, 2.75) is 51.1 Å². The van der Waals surface area contributed by atoms with Crippen molar-refractivity contribution in [3.05, 3.63) is 64.5 Å². The topological polar surface area (TPSA) is 66.9 Å². The molecule has 0 spiro atoms. The number of carbonyl (C=O) groups excluding carboxylic acids is 1. The maximum atomic E-state index is 14.1. The van der Waals surface area contributed by atoms with E-state index in [1.54, 1.807) is 18.0 Å². The molecule has 8 heteroatoms. The molecule has 1 aromatic heterocycles. The molecule has 1 heterocycles. The van der Waals surface area contributed by atoms with Crippen LogP contribution in [-0.4, -0.2) is 28.2 Å². The number of hydrogen-bond donors (Lipinski definition) is 2. The minimum absolute atomic E-state index is 0.0748. The molecule has 0 saturated heterocycles. The van der Waals surface area contributed by atoms with Gasteiger partial charge in [-0.15, -0.1) is 11.8 Å². The Bertz CT molecular complexity index is 1020. The second kappa shape index (κ2) is 9.17. The van der Waals surface area contributed by atoms with Crippen molar-refractivity contribution in [3.8, 4) is 0 Å². The van der Waals surface area contributed by atoms with Gasteiger partial charge in [0.2, 0.25) is 0 Å². The number of rotatable bonds is 9. The Labute approximate surface area is 191 Å². The molecule has 2 aliphatic carbocycles. The number of carbonyl (C=O) groups is 1. The summed E-state index contributed by atoms with van der Waals surface area (Å²) < 4.78 is 28.2. The van der Waals surface area contributed by atoms with Crippen LogP contribution in [0, 0.1) is 23.5 Å². The van der Waals surface area contributed by atoms with Crippen LogP contribution in [0.3, 0.4) is 0 Å². The van der Waals surface area contributed by atoms with Crippen molar-refractivity contribution in [1.29, 1.82) is 0 Å². The molecule has 0 bridgehead atoms. The minimum Gasteiger partial charge on any atom is -0.364 e. The second-order valence-corrected chi connectivity index (χ2v) is 9.67. The van der Waals surface area contributed by atoms with Crippen molar-refractivity contribution in [2.75, 3.05) is 11.6 Å². The number of halogens is 2. The Morgan fingerprint density at radius 3 is 2.62 bits per heavy atom. The lowest BCUT2D eigenvalue weighted by Crippen LogP contribution is -2.36. The summed E-state index contributed by atoms with van der Waals surface area (Å²) in [4.78, 5) is 22.2. The van der Waals surface area contributed by atoms with Crippen LogP contribution in [0.5, 0.6) is 0 Å². The first-order valence-corrected chi connectivity index (χ1v) is 12.2. The normalized spacial score (nSPS) is 23.2. The van der Waals surface area contributed by atoms with Crippen molar-refractivity contribution < 1.29 is 13.6 Å². The molecule has 2 aromatic rings. The summed E-state index contributed by atoms with van der Waals surface area (Å²) in [5.41, 5.74) is 0.708. The van der Waals surface area contributed by atoms with E-state index in [4.69, 9.17) is 0 Å². The fourth-order valence-electron chi connectivity index (χ4n) is 3.92. The van der Waals surface area contributed by atoms with Gasteiger partial charge in [0.25, 0.3) is 5.91 Å². The van der Waals surface area contributed by atoms with E-state index in [2.05, 4.69) is 34.4 Å². The zero-order chi connectivity index (χ0) is 22.9. The fourth-order valence-corrected chi connectivity index (χ4v) is 4.25. The van der Waals surface area contributed by atoms with E-state index in [0.29, 0.717) is 11.8 Å². The number of anilines is 1. The number of nitrogens with one attached hydrogen (secondary N) is 2. The molecule has 1 amide bonds. The largest absolute Gasteiger partial charge is 0.364 e. The maximum absolute atomic E-state index is 14.1. The Kier molecular flexibility index (Phi) is 6.51. The third-order valence-electron chi connectivity index (χ3n) is 6.57. The van der Waals surface area contributed by atoms with Gasteiger partial charge in [-0.3, -0.25) is 4.79 Å². The first-order chi connectivity index (χ1) is 15.3. The first kappa shape index (κ1) is 22.7. The molecular formula is C24H28F2N4OS. The average molecular weight is 459 g/mol. The molecular weight excluding hydrogens is 430 g/mol. The van der Waals surface area contributed by atoms with Crippen molar-refractivity contribution in [2.24, 2.45) is 11.8 Å². The van der Waals surface area contributed by atoms with Crippen LogP contribution >= 0.6 is 11.8 Å². The summed E-state index contributed by atoms with van der Waals surface area (Å²) in [7, 11) is 0. The van der Waals surface area contributed by atoms with Crippen LogP contribution in [-0.2, 0) is 12.0 Å². The molecule has 2 saturated carbocycles. The molecule has 4 rings (SSSR count). The molecule has 1 aromatic carbocycles. The number of amides is 1. The molecule has 5 nitrogen and oxygen atoms in total. The Balaban J connectivity index is 1.60. The summed E-state index contributed by atoms with van der Waals surface area (Å²) in [6.45, 7) is 4.11. The van der Waals surface area contributed by atoms with Gasteiger partial charge in [-0.05, 0) is 54.9 Å². The van der Waals surface area contributed by atoms with Gasteiger partial charge in [0.15, 0.2) is 11.5 Å². The SMILES string of the molecule is CS/C=C/C(NC(=O)c1ncc(C2(C)CC2C)nc1NCc1c(F)cccc1F)C1CC1. The van der Waals surface area contributed by atoms with Crippen molar-refractivity contribution >= 4 is 23.5 Å². The quantitative estimate of drug-likeness (QED) is 0.551. The van der Waals surface area contributed by atoms with E-state index in [9.17, 15) is 13.6 Å². The zero-order valence-electron chi connectivity index (χ0n) is 18.5. The highest BCUT2D eigenvalue weighted by molar-refractivity contribution is 8.01. The third kappa shape index (κ3) is 4.80. The molecule has 0 radical (unpaired) electrons. The summed E-state index contributed by atoms with van der Waals surface area (Å²) in [6, 6.07) is 3.67. The fraction of sp³-hybridized carbons (Fsp3) is 0.458. The number of benzene rings is 1. The van der Waals surface area contributed by atoms with E-state index >= 15 is 0 Å². The average Bonchev–Trinajstić information content (AvgIpc) is 3.69.